The molecule has 0 saturated heterocycles. The molecule has 3 aromatic carbocycles. The van der Waals surface area contributed by atoms with E-state index in [1.165, 1.54) is 0 Å². The van der Waals surface area contributed by atoms with Crippen LogP contribution in [0.15, 0.2) is 49.8 Å². The van der Waals surface area contributed by atoms with Crippen LogP contribution in [0.4, 0.5) is 27.4 Å². The molecule has 0 bridgehead atoms. The predicted molar refractivity (Wildman–Crippen MR) is 350 cm³/mol. The van der Waals surface area contributed by atoms with Crippen molar-refractivity contribution in [1.29, 1.82) is 0 Å². The van der Waals surface area contributed by atoms with Gasteiger partial charge in [-0.2, -0.15) is 0 Å². The van der Waals surface area contributed by atoms with Gasteiger partial charge >= 0.3 is 12.1 Å². The van der Waals surface area contributed by atoms with Crippen LogP contribution in [0.1, 0.15) is 54.5 Å². The minimum Gasteiger partial charge on any atom is -0.491 e. The van der Waals surface area contributed by atoms with Crippen LogP contribution in [0.5, 0.6) is 17.2 Å². The molecule has 3 aliphatic heterocycles. The van der Waals surface area contributed by atoms with E-state index >= 15 is 0 Å². The number of alkyl halides is 3. The molecule has 442 valence electrons. The molecule has 19 nitrogen and oxygen atoms in total. The van der Waals surface area contributed by atoms with E-state index in [0.29, 0.717) is 159 Å². The fourth-order valence-corrected chi connectivity index (χ4v) is 10.9. The molecule has 3 aromatic heterocycles. The molecule has 3 aliphatic rings. The standard InChI is InChI=1S/C18H20BrCl2N5O2.C17H17BrCl2N4O3.C14H13BrCl2N4O.C3H9ISi/c1-9(2)23-18(27)26-7-11-14(8-26)24-17(22)25-16(11)10-5-15(28-4-3-20)12(19)6-13(10)21;1-2-26-17(25)24-7-10-13(8-24)22-16(21)23-15(10)9-5-14(27-4-3-19)11(18)6-12(9)20;15-9-4-10(17)7(3-12(9)22-2-1-16)13-8-5-19-6-11(8)20-14(18)21-13;1-5(2,3)4/h5-6,9H,3-4,7-8H2,1-2H3,(H,23,27)(H2,22,24,25);5-6H,2-4,7-8H2,1H3,(H2,21,22,23);3-4,19H,1-2,5-6H2,(H2,18,20,21);1-3H3. The highest BCUT2D eigenvalue weighted by Crippen LogP contribution is 2.43. The summed E-state index contributed by atoms with van der Waals surface area (Å²) in [4.78, 5) is 53.7. The lowest BCUT2D eigenvalue weighted by atomic mass is 10.1. The first kappa shape index (κ1) is 67.5. The van der Waals surface area contributed by atoms with E-state index in [1.54, 1.807) is 47.1 Å². The molecular formula is C52H59Br3Cl6IN13O6Si. The minimum atomic E-state index is -0.641. The van der Waals surface area contributed by atoms with Crippen LogP contribution < -0.4 is 42.0 Å². The van der Waals surface area contributed by atoms with Gasteiger partial charge < -0.3 is 51.7 Å². The number of ether oxygens (including phenoxy) is 4. The van der Waals surface area contributed by atoms with Crippen molar-refractivity contribution < 1.29 is 28.5 Å². The number of nitrogens with zero attached hydrogens (tertiary/aromatic N) is 8. The molecule has 9 rings (SSSR count). The third-order valence-corrected chi connectivity index (χ3v) is 14.6. The van der Waals surface area contributed by atoms with Crippen LogP contribution in [0.25, 0.3) is 33.8 Å². The van der Waals surface area contributed by atoms with E-state index in [0.717, 1.165) is 38.1 Å². The Kier molecular flexibility index (Phi) is 25.6. The lowest BCUT2D eigenvalue weighted by Crippen LogP contribution is -2.40. The summed E-state index contributed by atoms with van der Waals surface area (Å²) in [6.45, 7) is 16.6. The van der Waals surface area contributed by atoms with Gasteiger partial charge in [0.15, 0.2) is 0 Å². The zero-order valence-electron chi connectivity index (χ0n) is 45.3. The molecule has 8 N–H and O–H groups in total. The molecule has 0 fully saturated rings. The van der Waals surface area contributed by atoms with Gasteiger partial charge in [0.2, 0.25) is 17.8 Å². The van der Waals surface area contributed by atoms with E-state index < -0.39 is 11.7 Å². The highest BCUT2D eigenvalue weighted by atomic mass is 127. The third kappa shape index (κ3) is 18.4. The number of rotatable bonds is 14. The average molecular weight is 1570 g/mol. The molecule has 6 aromatic rings. The van der Waals surface area contributed by atoms with Gasteiger partial charge in [0, 0.05) is 52.5 Å². The van der Waals surface area contributed by atoms with E-state index in [2.05, 4.69) is 130 Å². The number of halogens is 10. The number of nitrogens with one attached hydrogen (secondary N) is 2. The number of urea groups is 1. The summed E-state index contributed by atoms with van der Waals surface area (Å²) in [5.41, 5.74) is 25.9. The first-order valence-electron chi connectivity index (χ1n) is 25.2. The quantitative estimate of drug-likeness (QED) is 0.0294. The van der Waals surface area contributed by atoms with Gasteiger partial charge in [0.05, 0.1) is 113 Å². The molecule has 0 aliphatic carbocycles. The third-order valence-electron chi connectivity index (χ3n) is 11.4. The fourth-order valence-electron chi connectivity index (χ4n) is 8.14. The molecule has 0 saturated carbocycles. The second-order valence-electron chi connectivity index (χ2n) is 19.2. The molecule has 3 amide bonds. The van der Waals surface area contributed by atoms with Crippen LogP contribution in [-0.4, -0.2) is 108 Å². The molecule has 30 heteroatoms. The number of aromatic nitrogens is 6. The smallest absolute Gasteiger partial charge is 0.410 e. The normalized spacial score (nSPS) is 12.9. The lowest BCUT2D eigenvalue weighted by molar-refractivity contribution is 0.106. The Labute approximate surface area is 545 Å². The topological polar surface area (TPSA) is 257 Å². The second-order valence-corrected chi connectivity index (χ2v) is 37.9. The van der Waals surface area contributed by atoms with Crippen molar-refractivity contribution in [3.63, 3.8) is 0 Å². The van der Waals surface area contributed by atoms with Crippen molar-refractivity contribution >= 4 is 175 Å². The van der Waals surface area contributed by atoms with Gasteiger partial charge in [-0.1, -0.05) is 54.4 Å². The van der Waals surface area contributed by atoms with Crippen LogP contribution in [0, 0.1) is 0 Å². The lowest BCUT2D eigenvalue weighted by Gasteiger charge is -2.18. The number of anilines is 3. The van der Waals surface area contributed by atoms with Gasteiger partial charge in [-0.3, -0.25) is 4.90 Å². The molecule has 0 atom stereocenters. The Morgan fingerprint density at radius 3 is 1.37 bits per heavy atom. The Morgan fingerprint density at radius 1 is 0.622 bits per heavy atom. The second kappa shape index (κ2) is 31.1. The number of carbonyl (C=O) groups excluding carboxylic acids is 2. The fraction of sp³-hybridized carbons (Fsp3) is 0.385. The van der Waals surface area contributed by atoms with Crippen molar-refractivity contribution in [3.05, 3.63) is 98.7 Å². The van der Waals surface area contributed by atoms with Gasteiger partial charge in [0.1, 0.15) is 42.6 Å². The van der Waals surface area contributed by atoms with Gasteiger partial charge in [-0.15, -0.1) is 56.6 Å². The van der Waals surface area contributed by atoms with Gasteiger partial charge in [-0.05, 0) is 105 Å². The number of nitrogen functional groups attached to an aromatic ring is 3. The highest BCUT2D eigenvalue weighted by molar-refractivity contribution is 14.1. The number of fused-ring (bicyclic) bond motifs is 3. The molecule has 82 heavy (non-hydrogen) atoms. The van der Waals surface area contributed by atoms with Crippen molar-refractivity contribution in [2.24, 2.45) is 0 Å². The van der Waals surface area contributed by atoms with Crippen molar-refractivity contribution in [2.45, 2.75) is 85.7 Å². The molecule has 0 spiro atoms. The summed E-state index contributed by atoms with van der Waals surface area (Å²) in [5, 5.41) is 7.65. The van der Waals surface area contributed by atoms with Crippen LogP contribution in [0.3, 0.4) is 0 Å². The molecule has 0 unspecified atom stereocenters. The number of amides is 3. The van der Waals surface area contributed by atoms with Crippen molar-refractivity contribution in [2.75, 3.05) is 61.3 Å². The summed E-state index contributed by atoms with van der Waals surface area (Å²) < 4.78 is 24.2. The number of hydrogen-bond donors (Lipinski definition) is 5. The van der Waals surface area contributed by atoms with Gasteiger partial charge in [-0.25, -0.2) is 39.5 Å². The first-order chi connectivity index (χ1) is 38.8. The van der Waals surface area contributed by atoms with Gasteiger partial charge in [0.25, 0.3) is 0 Å². The number of carbonyl (C=O) groups is 2. The van der Waals surface area contributed by atoms with E-state index in [9.17, 15) is 9.59 Å². The summed E-state index contributed by atoms with van der Waals surface area (Å²) in [7, 11) is 0. The minimum absolute atomic E-state index is 0.0365. The summed E-state index contributed by atoms with van der Waals surface area (Å²) in [5.74, 6) is 3.44. The highest BCUT2D eigenvalue weighted by Gasteiger charge is 2.32. The van der Waals surface area contributed by atoms with Crippen LogP contribution in [0.2, 0.25) is 34.7 Å². The Bertz CT molecular complexity index is 3280. The number of nitrogens with two attached hydrogens (primary N) is 3. The predicted octanol–water partition coefficient (Wildman–Crippen LogP) is 14.0. The molecule has 6 heterocycles. The average Bonchev–Trinajstić information content (AvgIpc) is 4.01. The van der Waals surface area contributed by atoms with Crippen LogP contribution >= 0.6 is 139 Å². The summed E-state index contributed by atoms with van der Waals surface area (Å²) in [6, 6.07) is 10.5. The molecular weight excluding hydrogens is 1510 g/mol. The van der Waals surface area contributed by atoms with E-state index in [-0.39, 0.29) is 29.9 Å². The Hall–Kier alpha value is -3.67. The summed E-state index contributed by atoms with van der Waals surface area (Å²) >= 11 is 49.3. The zero-order valence-corrected chi connectivity index (χ0v) is 57.7. The van der Waals surface area contributed by atoms with Crippen molar-refractivity contribution in [3.8, 4) is 51.0 Å². The SMILES string of the molecule is CC(C)NC(=O)N1Cc2nc(N)nc(-c3cc(OCCCl)c(Br)cc3Cl)c2C1.CCOC(=O)N1Cc2nc(N)nc(-c3cc(OCCCl)c(Br)cc3Cl)c2C1.C[Si](C)(C)I.Nc1nc2c(c(-c3cc(OCCCl)c(Br)cc3Cl)n1)CNC2. The summed E-state index contributed by atoms with van der Waals surface area (Å²) in [6.07, 6.45) is -0.409. The maximum atomic E-state index is 12.4. The van der Waals surface area contributed by atoms with Crippen molar-refractivity contribution in [1.82, 2.24) is 50.3 Å². The maximum Gasteiger partial charge on any atom is 0.410 e. The molecule has 0 radical (unpaired) electrons. The number of hydrogen-bond acceptors (Lipinski definition) is 16. The maximum absolute atomic E-state index is 12.4. The van der Waals surface area contributed by atoms with Crippen LogP contribution in [-0.2, 0) is 44.0 Å². The Balaban J connectivity index is 0.000000191. The van der Waals surface area contributed by atoms with E-state index in [1.807, 2.05) is 19.9 Å². The Morgan fingerprint density at radius 2 is 0.988 bits per heavy atom. The largest absolute Gasteiger partial charge is 0.491 e. The zero-order chi connectivity index (χ0) is 60.2. The van der Waals surface area contributed by atoms with E-state index in [4.69, 9.17) is 106 Å². The first-order valence-corrected chi connectivity index (χ1v) is 36.9. The monoisotopic (exact) mass is 1560 g/mol. The number of benzene rings is 3.